The van der Waals surface area contributed by atoms with Crippen molar-refractivity contribution < 1.29 is 4.79 Å². The van der Waals surface area contributed by atoms with Crippen LogP contribution >= 0.6 is 0 Å². The van der Waals surface area contributed by atoms with Crippen LogP contribution in [-0.4, -0.2) is 29.6 Å². The Bertz CT molecular complexity index is 1270. The highest BCUT2D eigenvalue weighted by Crippen LogP contribution is 2.53. The molecule has 1 aliphatic carbocycles. The van der Waals surface area contributed by atoms with E-state index in [1.807, 2.05) is 67.6 Å². The van der Waals surface area contributed by atoms with Gasteiger partial charge in [0.15, 0.2) is 0 Å². The van der Waals surface area contributed by atoms with Crippen molar-refractivity contribution in [2.45, 2.75) is 81.5 Å². The number of hydrogen-bond donors (Lipinski definition) is 2. The summed E-state index contributed by atoms with van der Waals surface area (Å²) in [7, 11) is 0. The molecule has 5 nitrogen and oxygen atoms in total. The Hall–Kier alpha value is -3.62. The van der Waals surface area contributed by atoms with Crippen molar-refractivity contribution >= 4 is 6.03 Å². The predicted octanol–water partition coefficient (Wildman–Crippen LogP) is 7.02. The van der Waals surface area contributed by atoms with Crippen LogP contribution in [0.5, 0.6) is 0 Å². The zero-order valence-corrected chi connectivity index (χ0v) is 23.4. The zero-order chi connectivity index (χ0) is 27.5. The van der Waals surface area contributed by atoms with E-state index >= 15 is 0 Å². The Morgan fingerprint density at radius 1 is 0.850 bits per heavy atom. The molecule has 3 aromatic rings. The fourth-order valence-corrected chi connectivity index (χ4v) is 7.72. The Morgan fingerprint density at radius 3 is 1.90 bits per heavy atom. The molecule has 3 aliphatic rings. The molecule has 1 unspecified atom stereocenters. The van der Waals surface area contributed by atoms with Crippen LogP contribution in [0.1, 0.15) is 86.2 Å². The monoisotopic (exact) mass is 532 g/mol. The molecule has 5 heteroatoms. The fourth-order valence-electron chi connectivity index (χ4n) is 7.72. The summed E-state index contributed by atoms with van der Waals surface area (Å²) in [6, 6.07) is 32.0. The molecule has 40 heavy (non-hydrogen) atoms. The van der Waals surface area contributed by atoms with Gasteiger partial charge in [-0.15, -0.1) is 0 Å². The van der Waals surface area contributed by atoms with Crippen molar-refractivity contribution in [3.05, 3.63) is 107 Å². The molecule has 3 aromatic carbocycles. The first-order chi connectivity index (χ1) is 19.6. The molecule has 6 rings (SSSR count). The van der Waals surface area contributed by atoms with Crippen LogP contribution in [0.3, 0.4) is 0 Å². The number of nitrogens with one attached hydrogen (secondary N) is 2. The van der Waals surface area contributed by atoms with E-state index in [4.69, 9.17) is 0 Å². The second-order valence-corrected chi connectivity index (χ2v) is 12.0. The van der Waals surface area contributed by atoms with Crippen molar-refractivity contribution in [3.63, 3.8) is 0 Å². The van der Waals surface area contributed by atoms with Crippen molar-refractivity contribution in [3.8, 4) is 6.07 Å². The van der Waals surface area contributed by atoms with Gasteiger partial charge in [0, 0.05) is 18.1 Å². The summed E-state index contributed by atoms with van der Waals surface area (Å²) in [4.78, 5) is 15.9. The molecule has 2 heterocycles. The predicted molar refractivity (Wildman–Crippen MR) is 159 cm³/mol. The summed E-state index contributed by atoms with van der Waals surface area (Å²) in [5.41, 5.74) is 3.91. The molecule has 206 valence electrons. The van der Waals surface area contributed by atoms with E-state index in [2.05, 4.69) is 45.9 Å². The quantitative estimate of drug-likeness (QED) is 0.327. The molecule has 1 saturated carbocycles. The highest BCUT2D eigenvalue weighted by molar-refractivity contribution is 5.75. The maximum absolute atomic E-state index is 13.2. The second kappa shape index (κ2) is 11.5. The minimum atomic E-state index is -0.980. The van der Waals surface area contributed by atoms with Crippen LogP contribution in [-0.2, 0) is 5.41 Å². The smallest absolute Gasteiger partial charge is 0.315 e. The molecule has 2 aliphatic heterocycles. The standard InChI is InChI=1S/C35H40N4O/c1-25(35(24-36,27-10-4-2-5-11-27)28-12-6-3-7-13-28)37-34(40)38-29-18-16-26(17-19-29)22-23-39-32-20-21-33(39)31-15-9-8-14-30(31)32/h2-15,25-26,29,32-33H,16-23H2,1H3,(H2,37,38,40)/t25?,26-,29-,32-,33+. The van der Waals surface area contributed by atoms with Gasteiger partial charge < -0.3 is 10.6 Å². The van der Waals surface area contributed by atoms with Gasteiger partial charge in [0.05, 0.1) is 12.1 Å². The SMILES string of the molecule is CC(NC(=O)N[C@H]1CC[C@H](CCN2[C@@H]3CC[C@H]2c2ccccc23)CC1)C(C#N)(c1ccccc1)c1ccccc1. The molecule has 2 bridgehead atoms. The van der Waals surface area contributed by atoms with E-state index in [1.54, 1.807) is 11.1 Å². The summed E-state index contributed by atoms with van der Waals surface area (Å²) >= 11 is 0. The molecule has 3 atom stereocenters. The number of hydrogen-bond acceptors (Lipinski definition) is 3. The zero-order valence-electron chi connectivity index (χ0n) is 23.4. The molecular formula is C35H40N4O. The number of benzene rings is 3. The number of nitriles is 1. The summed E-state index contributed by atoms with van der Waals surface area (Å²) < 4.78 is 0. The van der Waals surface area contributed by atoms with Crippen molar-refractivity contribution in [1.82, 2.24) is 15.5 Å². The van der Waals surface area contributed by atoms with E-state index in [0.717, 1.165) is 42.7 Å². The lowest BCUT2D eigenvalue weighted by atomic mass is 9.70. The lowest BCUT2D eigenvalue weighted by molar-refractivity contribution is 0.185. The van der Waals surface area contributed by atoms with Crippen molar-refractivity contribution in [2.24, 2.45) is 5.92 Å². The first-order valence-corrected chi connectivity index (χ1v) is 15.0. The highest BCUT2D eigenvalue weighted by atomic mass is 16.2. The van der Waals surface area contributed by atoms with E-state index in [9.17, 15) is 10.1 Å². The lowest BCUT2D eigenvalue weighted by Crippen LogP contribution is -2.53. The Balaban J connectivity index is 1.02. The Morgan fingerprint density at radius 2 is 1.38 bits per heavy atom. The van der Waals surface area contributed by atoms with Gasteiger partial charge in [0.25, 0.3) is 0 Å². The van der Waals surface area contributed by atoms with Crippen LogP contribution in [0.15, 0.2) is 84.9 Å². The van der Waals surface area contributed by atoms with E-state index in [1.165, 1.54) is 25.8 Å². The molecular weight excluding hydrogens is 492 g/mol. The van der Waals surface area contributed by atoms with Gasteiger partial charge in [-0.25, -0.2) is 4.79 Å². The van der Waals surface area contributed by atoms with Crippen LogP contribution in [0, 0.1) is 17.2 Å². The third kappa shape index (κ3) is 4.90. The van der Waals surface area contributed by atoms with Gasteiger partial charge >= 0.3 is 6.03 Å². The van der Waals surface area contributed by atoms with Gasteiger partial charge in [0.2, 0.25) is 0 Å². The third-order valence-corrected chi connectivity index (χ3v) is 9.84. The first-order valence-electron chi connectivity index (χ1n) is 15.0. The molecule has 2 amide bonds. The molecule has 0 radical (unpaired) electrons. The minimum absolute atomic E-state index is 0.181. The molecule has 0 aromatic heterocycles. The van der Waals surface area contributed by atoms with Gasteiger partial charge in [-0.05, 0) is 86.6 Å². The maximum Gasteiger partial charge on any atom is 0.315 e. The topological polar surface area (TPSA) is 68.2 Å². The normalized spacial score (nSPS) is 24.6. The Labute approximate surface area is 238 Å². The Kier molecular flexibility index (Phi) is 7.63. The van der Waals surface area contributed by atoms with Gasteiger partial charge in [-0.1, -0.05) is 84.9 Å². The molecule has 2 N–H and O–H groups in total. The number of fused-ring (bicyclic) bond motifs is 5. The number of rotatable bonds is 8. The summed E-state index contributed by atoms with van der Waals surface area (Å²) in [5, 5.41) is 16.9. The number of nitrogens with zero attached hydrogens (tertiary/aromatic N) is 2. The largest absolute Gasteiger partial charge is 0.335 e. The van der Waals surface area contributed by atoms with Gasteiger partial charge in [-0.3, -0.25) is 4.90 Å². The number of carbonyl (C=O) groups is 1. The average Bonchev–Trinajstić information content (AvgIpc) is 3.55. The number of carbonyl (C=O) groups excluding carboxylic acids is 1. The van der Waals surface area contributed by atoms with Crippen LogP contribution in [0.2, 0.25) is 0 Å². The van der Waals surface area contributed by atoms with Gasteiger partial charge in [0.1, 0.15) is 5.41 Å². The minimum Gasteiger partial charge on any atom is -0.335 e. The third-order valence-electron chi connectivity index (χ3n) is 9.84. The van der Waals surface area contributed by atoms with Crippen molar-refractivity contribution in [2.75, 3.05) is 6.54 Å². The van der Waals surface area contributed by atoms with E-state index in [0.29, 0.717) is 12.1 Å². The first kappa shape index (κ1) is 26.6. The van der Waals surface area contributed by atoms with Gasteiger partial charge in [-0.2, -0.15) is 5.26 Å². The fraction of sp³-hybridized carbons (Fsp3) is 0.429. The van der Waals surface area contributed by atoms with Crippen LogP contribution in [0.4, 0.5) is 4.79 Å². The van der Waals surface area contributed by atoms with E-state index in [-0.39, 0.29) is 12.1 Å². The van der Waals surface area contributed by atoms with E-state index < -0.39 is 11.5 Å². The van der Waals surface area contributed by atoms with Crippen LogP contribution in [0.25, 0.3) is 0 Å². The summed E-state index contributed by atoms with van der Waals surface area (Å²) in [5.74, 6) is 0.727. The lowest BCUT2D eigenvalue weighted by Gasteiger charge is -2.35. The van der Waals surface area contributed by atoms with Crippen molar-refractivity contribution in [1.29, 1.82) is 5.26 Å². The molecule has 1 saturated heterocycles. The number of amides is 2. The summed E-state index contributed by atoms with van der Waals surface area (Å²) in [6.45, 7) is 3.11. The summed E-state index contributed by atoms with van der Waals surface area (Å²) in [6.07, 6.45) is 8.19. The average molecular weight is 533 g/mol. The van der Waals surface area contributed by atoms with Crippen LogP contribution < -0.4 is 10.6 Å². The maximum atomic E-state index is 13.2. The number of urea groups is 1. The molecule has 0 spiro atoms. The second-order valence-electron chi connectivity index (χ2n) is 12.0. The molecule has 2 fully saturated rings. The highest BCUT2D eigenvalue weighted by Gasteiger charge is 2.44.